The van der Waals surface area contributed by atoms with Crippen LogP contribution < -0.4 is 15.5 Å². The number of para-hydroxylation sites is 1. The largest absolute Gasteiger partial charge is 0.370 e. The van der Waals surface area contributed by atoms with E-state index < -0.39 is 11.4 Å². The van der Waals surface area contributed by atoms with Gasteiger partial charge in [-0.05, 0) is 56.7 Å². The summed E-state index contributed by atoms with van der Waals surface area (Å²) >= 11 is 0. The van der Waals surface area contributed by atoms with Crippen molar-refractivity contribution in [3.63, 3.8) is 0 Å². The molecule has 2 fully saturated rings. The highest BCUT2D eigenvalue weighted by Crippen LogP contribution is 2.36. The molecule has 0 unspecified atom stereocenters. The first-order chi connectivity index (χ1) is 12.5. The lowest BCUT2D eigenvalue weighted by Crippen LogP contribution is -2.54. The van der Waals surface area contributed by atoms with Gasteiger partial charge >= 0.3 is 0 Å². The van der Waals surface area contributed by atoms with Crippen molar-refractivity contribution >= 4 is 23.2 Å². The first-order valence-corrected chi connectivity index (χ1v) is 9.31. The van der Waals surface area contributed by atoms with Crippen molar-refractivity contribution in [2.24, 2.45) is 0 Å². The zero-order valence-corrected chi connectivity index (χ0v) is 15.0. The summed E-state index contributed by atoms with van der Waals surface area (Å²) in [6.07, 6.45) is 7.12. The van der Waals surface area contributed by atoms with Gasteiger partial charge in [0.05, 0.1) is 12.1 Å². The molecule has 0 radical (unpaired) electrons. The fourth-order valence-corrected chi connectivity index (χ4v) is 3.79. The van der Waals surface area contributed by atoms with Crippen LogP contribution in [0.15, 0.2) is 30.9 Å². The predicted octanol–water partition coefficient (Wildman–Crippen LogP) is 3.37. The van der Waals surface area contributed by atoms with Crippen molar-refractivity contribution < 1.29 is 14.0 Å². The molecule has 6 heteroatoms. The van der Waals surface area contributed by atoms with Crippen LogP contribution in [0.5, 0.6) is 0 Å². The molecular weight excluding hydrogens is 333 g/mol. The molecule has 0 spiro atoms. The number of carbonyl (C=O) groups is 2. The summed E-state index contributed by atoms with van der Waals surface area (Å²) in [7, 11) is 0. The maximum atomic E-state index is 14.4. The van der Waals surface area contributed by atoms with E-state index in [2.05, 4.69) is 22.1 Å². The van der Waals surface area contributed by atoms with E-state index in [1.54, 1.807) is 6.07 Å². The van der Waals surface area contributed by atoms with E-state index in [1.165, 1.54) is 18.6 Å². The van der Waals surface area contributed by atoms with Gasteiger partial charge in [-0.2, -0.15) is 0 Å². The quantitative estimate of drug-likeness (QED) is 0.766. The third-order valence-electron chi connectivity index (χ3n) is 5.34. The molecule has 1 aromatic carbocycles. The Morgan fingerprint density at radius 1 is 1.19 bits per heavy atom. The topological polar surface area (TPSA) is 61.4 Å². The molecule has 1 saturated heterocycles. The second kappa shape index (κ2) is 7.89. The normalized spacial score (nSPS) is 18.6. The Kier molecular flexibility index (Phi) is 5.59. The first kappa shape index (κ1) is 18.4. The summed E-state index contributed by atoms with van der Waals surface area (Å²) in [5, 5.41) is 5.63. The van der Waals surface area contributed by atoms with Gasteiger partial charge in [0.25, 0.3) is 0 Å². The van der Waals surface area contributed by atoms with E-state index in [0.717, 1.165) is 50.9 Å². The molecule has 2 N–H and O–H groups in total. The Morgan fingerprint density at radius 2 is 1.92 bits per heavy atom. The minimum absolute atomic E-state index is 0.139. The van der Waals surface area contributed by atoms with Gasteiger partial charge in [-0.15, -0.1) is 0 Å². The van der Waals surface area contributed by atoms with Crippen molar-refractivity contribution in [3.8, 4) is 0 Å². The summed E-state index contributed by atoms with van der Waals surface area (Å²) in [5.74, 6) is -0.992. The molecule has 140 valence electrons. The van der Waals surface area contributed by atoms with Crippen LogP contribution in [0.3, 0.4) is 0 Å². The van der Waals surface area contributed by atoms with Crippen molar-refractivity contribution in [2.45, 2.75) is 50.5 Å². The number of hydrogen-bond acceptors (Lipinski definition) is 3. The molecule has 0 atom stereocenters. The van der Waals surface area contributed by atoms with Gasteiger partial charge in [-0.1, -0.05) is 12.6 Å². The molecule has 2 amide bonds. The fourth-order valence-electron chi connectivity index (χ4n) is 3.79. The van der Waals surface area contributed by atoms with Gasteiger partial charge in [-0.3, -0.25) is 9.59 Å². The van der Waals surface area contributed by atoms with E-state index in [1.807, 2.05) is 6.07 Å². The molecular formula is C20H26FN3O2. The third kappa shape index (κ3) is 4.06. The van der Waals surface area contributed by atoms with Gasteiger partial charge in [0.15, 0.2) is 0 Å². The zero-order valence-electron chi connectivity index (χ0n) is 15.0. The Balaban J connectivity index is 1.72. The van der Waals surface area contributed by atoms with Crippen LogP contribution in [0.25, 0.3) is 0 Å². The first-order valence-electron chi connectivity index (χ1n) is 9.31. The predicted molar refractivity (Wildman–Crippen MR) is 101 cm³/mol. The standard InChI is InChI=1S/C20H26FN3O2/c1-2-17(25)23-20(10-7-11-20)14-18(26)22-19-15(21)8-6-9-16(19)24-12-4-3-5-13-24/h2,6,8-9H,1,3-5,7,10-14H2,(H,22,26)(H,23,25). The summed E-state index contributed by atoms with van der Waals surface area (Å²) in [6, 6.07) is 4.89. The van der Waals surface area contributed by atoms with Crippen LogP contribution in [0.4, 0.5) is 15.8 Å². The summed E-state index contributed by atoms with van der Waals surface area (Å²) in [6.45, 7) is 5.19. The van der Waals surface area contributed by atoms with Crippen LogP contribution in [-0.4, -0.2) is 30.4 Å². The highest BCUT2D eigenvalue weighted by atomic mass is 19.1. The summed E-state index contributed by atoms with van der Waals surface area (Å²) in [5.41, 5.74) is 0.436. The number of halogens is 1. The molecule has 1 saturated carbocycles. The van der Waals surface area contributed by atoms with Crippen molar-refractivity contribution in [1.82, 2.24) is 5.32 Å². The minimum atomic E-state index is -0.536. The van der Waals surface area contributed by atoms with Gasteiger partial charge in [0, 0.05) is 18.6 Å². The molecule has 3 rings (SSSR count). The lowest BCUT2D eigenvalue weighted by Gasteiger charge is -2.42. The molecule has 1 aliphatic heterocycles. The molecule has 1 aliphatic carbocycles. The molecule has 2 aliphatic rings. The van der Waals surface area contributed by atoms with E-state index in [-0.39, 0.29) is 23.9 Å². The lowest BCUT2D eigenvalue weighted by molar-refractivity contribution is -0.122. The Bertz CT molecular complexity index is 694. The number of nitrogens with zero attached hydrogens (tertiary/aromatic N) is 1. The Morgan fingerprint density at radius 3 is 2.54 bits per heavy atom. The van der Waals surface area contributed by atoms with E-state index in [9.17, 15) is 14.0 Å². The van der Waals surface area contributed by atoms with Crippen LogP contribution in [0.1, 0.15) is 44.9 Å². The Labute approximate surface area is 153 Å². The summed E-state index contributed by atoms with van der Waals surface area (Å²) in [4.78, 5) is 26.4. The maximum absolute atomic E-state index is 14.4. The SMILES string of the molecule is C=CC(=O)NC1(CC(=O)Nc2c(F)cccc2N2CCCCC2)CCC1. The zero-order chi connectivity index (χ0) is 18.6. The van der Waals surface area contributed by atoms with Crippen LogP contribution in [-0.2, 0) is 9.59 Å². The average molecular weight is 359 g/mol. The molecule has 0 bridgehead atoms. The van der Waals surface area contributed by atoms with Crippen LogP contribution >= 0.6 is 0 Å². The molecule has 5 nitrogen and oxygen atoms in total. The smallest absolute Gasteiger partial charge is 0.243 e. The highest BCUT2D eigenvalue weighted by molar-refractivity contribution is 5.96. The monoisotopic (exact) mass is 359 g/mol. The van der Waals surface area contributed by atoms with Crippen molar-refractivity contribution in [3.05, 3.63) is 36.7 Å². The number of piperidine rings is 1. The van der Waals surface area contributed by atoms with Crippen LogP contribution in [0, 0.1) is 5.82 Å². The molecule has 0 aromatic heterocycles. The Hall–Kier alpha value is -2.37. The number of nitrogens with one attached hydrogen (secondary N) is 2. The van der Waals surface area contributed by atoms with E-state index in [0.29, 0.717) is 0 Å². The number of anilines is 2. The molecule has 1 heterocycles. The van der Waals surface area contributed by atoms with Gasteiger partial charge in [0.2, 0.25) is 11.8 Å². The van der Waals surface area contributed by atoms with E-state index >= 15 is 0 Å². The van der Waals surface area contributed by atoms with Crippen molar-refractivity contribution in [2.75, 3.05) is 23.3 Å². The minimum Gasteiger partial charge on any atom is -0.370 e. The van der Waals surface area contributed by atoms with Gasteiger partial charge in [0.1, 0.15) is 11.5 Å². The summed E-state index contributed by atoms with van der Waals surface area (Å²) < 4.78 is 14.4. The van der Waals surface area contributed by atoms with Crippen molar-refractivity contribution in [1.29, 1.82) is 0 Å². The third-order valence-corrected chi connectivity index (χ3v) is 5.34. The number of benzene rings is 1. The number of rotatable bonds is 6. The van der Waals surface area contributed by atoms with Gasteiger partial charge in [-0.25, -0.2) is 4.39 Å². The van der Waals surface area contributed by atoms with Gasteiger partial charge < -0.3 is 15.5 Å². The molecule has 1 aromatic rings. The average Bonchev–Trinajstić information content (AvgIpc) is 2.62. The second-order valence-corrected chi connectivity index (χ2v) is 7.23. The fraction of sp³-hybridized carbons (Fsp3) is 0.500. The lowest BCUT2D eigenvalue weighted by atomic mass is 9.74. The molecule has 26 heavy (non-hydrogen) atoms. The number of amides is 2. The highest BCUT2D eigenvalue weighted by Gasteiger charge is 2.40. The number of hydrogen-bond donors (Lipinski definition) is 2. The van der Waals surface area contributed by atoms with E-state index in [4.69, 9.17) is 0 Å². The van der Waals surface area contributed by atoms with Crippen LogP contribution in [0.2, 0.25) is 0 Å². The second-order valence-electron chi connectivity index (χ2n) is 7.23. The maximum Gasteiger partial charge on any atom is 0.243 e. The number of carbonyl (C=O) groups excluding carboxylic acids is 2.